The van der Waals surface area contributed by atoms with Gasteiger partial charge in [-0.25, -0.2) is 0 Å². The van der Waals surface area contributed by atoms with Crippen LogP contribution in [-0.2, 0) is 6.42 Å². The molecule has 1 N–H and O–H groups in total. The lowest BCUT2D eigenvalue weighted by molar-refractivity contribution is 0.245. The third-order valence-electron chi connectivity index (χ3n) is 4.18. The number of piperidine rings is 1. The van der Waals surface area contributed by atoms with E-state index in [4.69, 9.17) is 4.52 Å². The summed E-state index contributed by atoms with van der Waals surface area (Å²) in [5, 5.41) is 7.61. The van der Waals surface area contributed by atoms with Gasteiger partial charge in [-0.1, -0.05) is 52.6 Å². The Morgan fingerprint density at radius 3 is 3.05 bits per heavy atom. The number of halogens is 1. The summed E-state index contributed by atoms with van der Waals surface area (Å²) in [5.74, 6) is 2.24. The summed E-state index contributed by atoms with van der Waals surface area (Å²) < 4.78 is 6.55. The van der Waals surface area contributed by atoms with Crippen molar-refractivity contribution in [3.8, 4) is 0 Å². The molecule has 0 aliphatic carbocycles. The van der Waals surface area contributed by atoms with Crippen LogP contribution < -0.4 is 5.32 Å². The molecule has 0 amide bonds. The van der Waals surface area contributed by atoms with Crippen molar-refractivity contribution in [1.29, 1.82) is 0 Å². The van der Waals surface area contributed by atoms with Crippen molar-refractivity contribution in [1.82, 2.24) is 15.5 Å². The van der Waals surface area contributed by atoms with Crippen molar-refractivity contribution in [2.24, 2.45) is 5.92 Å². The molecule has 1 fully saturated rings. The van der Waals surface area contributed by atoms with E-state index in [9.17, 15) is 0 Å². The Labute approximate surface area is 133 Å². The van der Waals surface area contributed by atoms with Crippen LogP contribution in [0.2, 0.25) is 0 Å². The number of benzene rings is 1. The molecule has 0 saturated carbocycles. The topological polar surface area (TPSA) is 51.0 Å². The van der Waals surface area contributed by atoms with Gasteiger partial charge in [0, 0.05) is 10.9 Å². The van der Waals surface area contributed by atoms with Gasteiger partial charge in [0.15, 0.2) is 5.82 Å². The van der Waals surface area contributed by atoms with E-state index in [-0.39, 0.29) is 6.04 Å². The van der Waals surface area contributed by atoms with Crippen LogP contribution in [-0.4, -0.2) is 16.7 Å². The molecule has 4 nitrogen and oxygen atoms in total. The van der Waals surface area contributed by atoms with Crippen molar-refractivity contribution < 1.29 is 4.52 Å². The van der Waals surface area contributed by atoms with E-state index in [1.165, 1.54) is 18.4 Å². The van der Waals surface area contributed by atoms with Gasteiger partial charge < -0.3 is 9.84 Å². The summed E-state index contributed by atoms with van der Waals surface area (Å²) in [7, 11) is 0. The zero-order valence-electron chi connectivity index (χ0n) is 12.2. The molecule has 2 aromatic rings. The molecule has 2 unspecified atom stereocenters. The van der Waals surface area contributed by atoms with Crippen LogP contribution in [0.1, 0.15) is 49.5 Å². The smallest absolute Gasteiger partial charge is 0.243 e. The van der Waals surface area contributed by atoms with E-state index in [1.807, 2.05) is 18.2 Å². The molecular formula is C16H20BrN3O. The van der Waals surface area contributed by atoms with Gasteiger partial charge in [-0.2, -0.15) is 4.98 Å². The number of aromatic nitrogens is 2. The molecule has 1 aliphatic rings. The molecule has 1 saturated heterocycles. The molecule has 1 aromatic carbocycles. The zero-order valence-corrected chi connectivity index (χ0v) is 13.8. The second-order valence-electron chi connectivity index (χ2n) is 5.62. The monoisotopic (exact) mass is 349 g/mol. The minimum absolute atomic E-state index is 0.212. The highest BCUT2D eigenvalue weighted by molar-refractivity contribution is 9.10. The van der Waals surface area contributed by atoms with Crippen molar-refractivity contribution >= 4 is 15.9 Å². The average molecular weight is 350 g/mol. The minimum Gasteiger partial charge on any atom is -0.338 e. The summed E-state index contributed by atoms with van der Waals surface area (Å²) in [6.45, 7) is 3.28. The van der Waals surface area contributed by atoms with Gasteiger partial charge in [0.1, 0.15) is 0 Å². The number of nitrogens with zero attached hydrogens (tertiary/aromatic N) is 2. The number of rotatable bonds is 4. The Balaban J connectivity index is 1.70. The zero-order chi connectivity index (χ0) is 14.7. The van der Waals surface area contributed by atoms with Crippen LogP contribution >= 0.6 is 15.9 Å². The Kier molecular flexibility index (Phi) is 4.70. The maximum absolute atomic E-state index is 5.47. The van der Waals surface area contributed by atoms with Crippen molar-refractivity contribution in [3.63, 3.8) is 0 Å². The molecule has 21 heavy (non-hydrogen) atoms. The van der Waals surface area contributed by atoms with E-state index < -0.39 is 0 Å². The molecule has 0 radical (unpaired) electrons. The van der Waals surface area contributed by atoms with Crippen molar-refractivity contribution in [3.05, 3.63) is 46.0 Å². The predicted molar refractivity (Wildman–Crippen MR) is 85.0 cm³/mol. The molecule has 2 atom stereocenters. The van der Waals surface area contributed by atoms with E-state index in [0.717, 1.165) is 35.1 Å². The maximum atomic E-state index is 5.47. The first kappa shape index (κ1) is 14.7. The van der Waals surface area contributed by atoms with Crippen LogP contribution in [0.4, 0.5) is 0 Å². The lowest BCUT2D eigenvalue weighted by Crippen LogP contribution is -2.31. The summed E-state index contributed by atoms with van der Waals surface area (Å²) in [6.07, 6.45) is 4.24. The summed E-state index contributed by atoms with van der Waals surface area (Å²) in [4.78, 5) is 4.58. The van der Waals surface area contributed by atoms with Crippen molar-refractivity contribution in [2.45, 2.75) is 38.6 Å². The van der Waals surface area contributed by atoms with Gasteiger partial charge in [0.25, 0.3) is 0 Å². The fourth-order valence-corrected chi connectivity index (χ4v) is 3.27. The average Bonchev–Trinajstić information content (AvgIpc) is 2.98. The second-order valence-corrected chi connectivity index (χ2v) is 6.48. The SMILES string of the molecule is CCC1CCNC(c2nc(Cc3ccccc3Br)no2)C1. The standard InChI is InChI=1S/C16H20BrN3O/c1-2-11-7-8-18-14(9-11)16-19-15(20-21-16)10-12-5-3-4-6-13(12)17/h3-6,11,14,18H,2,7-10H2,1H3. The molecule has 3 rings (SSSR count). The molecule has 0 spiro atoms. The fourth-order valence-electron chi connectivity index (χ4n) is 2.85. The Hall–Kier alpha value is -1.20. The molecule has 5 heteroatoms. The first-order valence-corrected chi connectivity index (χ1v) is 8.34. The van der Waals surface area contributed by atoms with E-state index in [0.29, 0.717) is 6.42 Å². The summed E-state index contributed by atoms with van der Waals surface area (Å²) >= 11 is 3.56. The number of nitrogens with one attached hydrogen (secondary N) is 1. The van der Waals surface area contributed by atoms with E-state index >= 15 is 0 Å². The van der Waals surface area contributed by atoms with Crippen LogP contribution in [0.3, 0.4) is 0 Å². The van der Waals surface area contributed by atoms with Gasteiger partial charge in [0.05, 0.1) is 6.04 Å². The number of hydrogen-bond donors (Lipinski definition) is 1. The maximum Gasteiger partial charge on any atom is 0.243 e. The molecule has 112 valence electrons. The lowest BCUT2D eigenvalue weighted by atomic mass is 9.90. The molecule has 2 heterocycles. The third-order valence-corrected chi connectivity index (χ3v) is 4.95. The largest absolute Gasteiger partial charge is 0.338 e. The molecule has 0 bridgehead atoms. The minimum atomic E-state index is 0.212. The highest BCUT2D eigenvalue weighted by atomic mass is 79.9. The highest BCUT2D eigenvalue weighted by Crippen LogP contribution is 2.28. The summed E-state index contributed by atoms with van der Waals surface area (Å²) in [5.41, 5.74) is 1.17. The van der Waals surface area contributed by atoms with Crippen LogP contribution in [0, 0.1) is 5.92 Å². The van der Waals surface area contributed by atoms with Gasteiger partial charge in [0.2, 0.25) is 5.89 Å². The molecule has 1 aromatic heterocycles. The molecular weight excluding hydrogens is 330 g/mol. The number of hydrogen-bond acceptors (Lipinski definition) is 4. The molecule has 1 aliphatic heterocycles. The second kappa shape index (κ2) is 6.71. The Morgan fingerprint density at radius 2 is 2.24 bits per heavy atom. The van der Waals surface area contributed by atoms with E-state index in [1.54, 1.807) is 0 Å². The highest BCUT2D eigenvalue weighted by Gasteiger charge is 2.26. The van der Waals surface area contributed by atoms with E-state index in [2.05, 4.69) is 44.4 Å². The first-order chi connectivity index (χ1) is 10.3. The third kappa shape index (κ3) is 3.52. The predicted octanol–water partition coefficient (Wildman–Crippen LogP) is 3.87. The first-order valence-electron chi connectivity index (χ1n) is 7.55. The van der Waals surface area contributed by atoms with Crippen LogP contribution in [0.15, 0.2) is 33.3 Å². The van der Waals surface area contributed by atoms with Gasteiger partial charge in [-0.15, -0.1) is 0 Å². The van der Waals surface area contributed by atoms with Gasteiger partial charge >= 0.3 is 0 Å². The quantitative estimate of drug-likeness (QED) is 0.909. The van der Waals surface area contributed by atoms with Gasteiger partial charge in [-0.05, 0) is 36.9 Å². The van der Waals surface area contributed by atoms with Gasteiger partial charge in [-0.3, -0.25) is 0 Å². The fraction of sp³-hybridized carbons (Fsp3) is 0.500. The summed E-state index contributed by atoms with van der Waals surface area (Å²) in [6, 6.07) is 8.35. The normalized spacial score (nSPS) is 22.4. The van der Waals surface area contributed by atoms with Crippen LogP contribution in [0.25, 0.3) is 0 Å². The van der Waals surface area contributed by atoms with Crippen LogP contribution in [0.5, 0.6) is 0 Å². The Morgan fingerprint density at radius 1 is 1.38 bits per heavy atom. The van der Waals surface area contributed by atoms with Crippen molar-refractivity contribution in [2.75, 3.05) is 6.54 Å². The Bertz CT molecular complexity index is 599. The lowest BCUT2D eigenvalue weighted by Gasteiger charge is -2.27.